The van der Waals surface area contributed by atoms with E-state index in [4.69, 9.17) is 5.73 Å². The zero-order valence-electron chi connectivity index (χ0n) is 18.7. The predicted molar refractivity (Wildman–Crippen MR) is 123 cm³/mol. The first-order chi connectivity index (χ1) is 15.2. The van der Waals surface area contributed by atoms with Crippen LogP contribution in [-0.2, 0) is 28.4 Å². The molecule has 0 aliphatic carbocycles. The SMILES string of the molecule is CCN(CC)S(=O)(=O)c1cc(C(=O)Nc2ccccc2CN2CCCC2C(N)=O)n(C)c1. The standard InChI is InChI=1S/C22H31N5O4S/c1-4-27(5-2)32(30,31)17-13-20(25(3)15-17)22(29)24-18-10-7-6-9-16(18)14-26-12-8-11-19(26)21(23)28/h6-7,9-10,13,15,19H,4-5,8,11-12,14H2,1-3H3,(H2,23,28)(H,24,29). The van der Waals surface area contributed by atoms with Crippen LogP contribution >= 0.6 is 0 Å². The number of nitrogens with one attached hydrogen (secondary N) is 1. The van der Waals surface area contributed by atoms with Crippen LogP contribution in [0.1, 0.15) is 42.7 Å². The molecule has 2 heterocycles. The Bertz CT molecular complexity index is 1090. The summed E-state index contributed by atoms with van der Waals surface area (Å²) >= 11 is 0. The molecule has 2 aromatic rings. The first-order valence-corrected chi connectivity index (χ1v) is 12.2. The lowest BCUT2D eigenvalue weighted by Gasteiger charge is -2.23. The fraction of sp³-hybridized carbons (Fsp3) is 0.455. The van der Waals surface area contributed by atoms with Crippen LogP contribution in [0, 0.1) is 0 Å². The molecule has 3 N–H and O–H groups in total. The lowest BCUT2D eigenvalue weighted by molar-refractivity contribution is -0.122. The maximum atomic E-state index is 13.0. The molecule has 1 fully saturated rings. The van der Waals surface area contributed by atoms with Crippen LogP contribution in [0.15, 0.2) is 41.4 Å². The molecule has 1 unspecified atom stereocenters. The Morgan fingerprint density at radius 1 is 1.22 bits per heavy atom. The summed E-state index contributed by atoms with van der Waals surface area (Å²) in [5.41, 5.74) is 7.24. The third-order valence-electron chi connectivity index (χ3n) is 5.89. The first kappa shape index (κ1) is 24.0. The number of benzene rings is 1. The van der Waals surface area contributed by atoms with Crippen LogP contribution in [0.5, 0.6) is 0 Å². The van der Waals surface area contributed by atoms with Crippen molar-refractivity contribution in [1.82, 2.24) is 13.8 Å². The van der Waals surface area contributed by atoms with Crippen LogP contribution in [-0.4, -0.2) is 59.7 Å². The van der Waals surface area contributed by atoms with Crippen molar-refractivity contribution >= 4 is 27.5 Å². The van der Waals surface area contributed by atoms with Crippen LogP contribution in [0.3, 0.4) is 0 Å². The summed E-state index contributed by atoms with van der Waals surface area (Å²) in [6.07, 6.45) is 3.09. The summed E-state index contributed by atoms with van der Waals surface area (Å²) in [5, 5.41) is 2.90. The average Bonchev–Trinajstić information content (AvgIpc) is 3.37. The van der Waals surface area contributed by atoms with Gasteiger partial charge in [0.2, 0.25) is 15.9 Å². The molecule has 1 atom stereocenters. The summed E-state index contributed by atoms with van der Waals surface area (Å²) < 4.78 is 28.5. The van der Waals surface area contributed by atoms with Crippen molar-refractivity contribution < 1.29 is 18.0 Å². The third kappa shape index (κ3) is 4.87. The number of nitrogens with two attached hydrogens (primary N) is 1. The van der Waals surface area contributed by atoms with Gasteiger partial charge in [-0.15, -0.1) is 0 Å². The second kappa shape index (κ2) is 9.85. The maximum absolute atomic E-state index is 13.0. The quantitative estimate of drug-likeness (QED) is 0.590. The topological polar surface area (TPSA) is 118 Å². The Kier molecular flexibility index (Phi) is 7.37. The number of amides is 2. The number of carbonyl (C=O) groups excluding carboxylic acids is 2. The molecule has 3 rings (SSSR count). The van der Waals surface area contributed by atoms with Gasteiger partial charge in [0, 0.05) is 38.6 Å². The highest BCUT2D eigenvalue weighted by Crippen LogP contribution is 2.25. The second-order valence-electron chi connectivity index (χ2n) is 7.90. The normalized spacial score (nSPS) is 17.1. The number of hydrogen-bond donors (Lipinski definition) is 2. The third-order valence-corrected chi connectivity index (χ3v) is 7.90. The summed E-state index contributed by atoms with van der Waals surface area (Å²) in [7, 11) is -2.02. The van der Waals surface area contributed by atoms with Crippen molar-refractivity contribution in [3.8, 4) is 0 Å². The highest BCUT2D eigenvalue weighted by Gasteiger charge is 2.30. The van der Waals surface area contributed by atoms with Crippen LogP contribution in [0.4, 0.5) is 5.69 Å². The number of primary amides is 1. The largest absolute Gasteiger partial charge is 0.368 e. The Morgan fingerprint density at radius 3 is 2.56 bits per heavy atom. The van der Waals surface area contributed by atoms with Crippen molar-refractivity contribution in [2.24, 2.45) is 12.8 Å². The van der Waals surface area contributed by atoms with Crippen molar-refractivity contribution in [3.05, 3.63) is 47.8 Å². The summed E-state index contributed by atoms with van der Waals surface area (Å²) in [6.45, 7) is 5.51. The molecule has 1 aliphatic heterocycles. The van der Waals surface area contributed by atoms with Gasteiger partial charge in [-0.05, 0) is 37.1 Å². The monoisotopic (exact) mass is 461 g/mol. The van der Waals surface area contributed by atoms with E-state index in [2.05, 4.69) is 5.32 Å². The summed E-state index contributed by atoms with van der Waals surface area (Å²) in [5.74, 6) is -0.747. The number of likely N-dealkylation sites (tertiary alicyclic amines) is 1. The molecule has 1 aromatic heterocycles. The van der Waals surface area contributed by atoms with Gasteiger partial charge in [0.05, 0.1) is 6.04 Å². The van der Waals surface area contributed by atoms with E-state index in [0.717, 1.165) is 24.9 Å². The van der Waals surface area contributed by atoms with Crippen molar-refractivity contribution in [2.75, 3.05) is 25.0 Å². The molecule has 174 valence electrons. The van der Waals surface area contributed by atoms with Gasteiger partial charge in [-0.1, -0.05) is 32.0 Å². The fourth-order valence-corrected chi connectivity index (χ4v) is 5.67. The van der Waals surface area contributed by atoms with Gasteiger partial charge < -0.3 is 15.6 Å². The van der Waals surface area contributed by atoms with Gasteiger partial charge in [-0.25, -0.2) is 8.42 Å². The smallest absolute Gasteiger partial charge is 0.272 e. The molecule has 1 saturated heterocycles. The van der Waals surface area contributed by atoms with Gasteiger partial charge in [-0.2, -0.15) is 4.31 Å². The van der Waals surface area contributed by atoms with E-state index in [9.17, 15) is 18.0 Å². The summed E-state index contributed by atoms with van der Waals surface area (Å²) in [6, 6.07) is 8.47. The molecule has 0 bridgehead atoms. The Morgan fingerprint density at radius 2 is 1.91 bits per heavy atom. The maximum Gasteiger partial charge on any atom is 0.272 e. The van der Waals surface area contributed by atoms with Gasteiger partial charge in [-0.3, -0.25) is 14.5 Å². The number of carbonyl (C=O) groups is 2. The number of rotatable bonds is 9. The Balaban J connectivity index is 1.82. The fourth-order valence-electron chi connectivity index (χ4n) is 4.14. The Hall–Kier alpha value is -2.69. The van der Waals surface area contributed by atoms with Gasteiger partial charge in [0.15, 0.2) is 0 Å². The van der Waals surface area contributed by atoms with Gasteiger partial charge >= 0.3 is 0 Å². The lowest BCUT2D eigenvalue weighted by Crippen LogP contribution is -2.39. The molecule has 2 amide bonds. The zero-order valence-corrected chi connectivity index (χ0v) is 19.6. The molecule has 32 heavy (non-hydrogen) atoms. The molecular formula is C22H31N5O4S. The predicted octanol–water partition coefficient (Wildman–Crippen LogP) is 1.76. The number of aromatic nitrogens is 1. The molecule has 1 aromatic carbocycles. The number of hydrogen-bond acceptors (Lipinski definition) is 5. The first-order valence-electron chi connectivity index (χ1n) is 10.8. The van der Waals surface area contributed by atoms with Crippen molar-refractivity contribution in [3.63, 3.8) is 0 Å². The second-order valence-corrected chi connectivity index (χ2v) is 9.84. The molecule has 9 nitrogen and oxygen atoms in total. The molecule has 1 aliphatic rings. The van der Waals surface area contributed by atoms with Crippen molar-refractivity contribution in [2.45, 2.75) is 44.2 Å². The minimum absolute atomic E-state index is 0.0866. The average molecular weight is 462 g/mol. The Labute approximate surface area is 189 Å². The lowest BCUT2D eigenvalue weighted by atomic mass is 10.1. The van der Waals surface area contributed by atoms with Gasteiger partial charge in [0.25, 0.3) is 5.91 Å². The zero-order chi connectivity index (χ0) is 23.5. The highest BCUT2D eigenvalue weighted by atomic mass is 32.2. The molecular weight excluding hydrogens is 430 g/mol. The number of nitrogens with zero attached hydrogens (tertiary/aromatic N) is 3. The van der Waals surface area contributed by atoms with E-state index in [1.54, 1.807) is 27.0 Å². The van der Waals surface area contributed by atoms with Gasteiger partial charge in [0.1, 0.15) is 10.6 Å². The van der Waals surface area contributed by atoms with E-state index in [0.29, 0.717) is 25.3 Å². The minimum atomic E-state index is -3.67. The van der Waals surface area contributed by atoms with Crippen molar-refractivity contribution in [1.29, 1.82) is 0 Å². The highest BCUT2D eigenvalue weighted by molar-refractivity contribution is 7.89. The van der Waals surface area contributed by atoms with E-state index < -0.39 is 15.9 Å². The van der Waals surface area contributed by atoms with E-state index in [1.807, 2.05) is 23.1 Å². The van der Waals surface area contributed by atoms with E-state index in [1.165, 1.54) is 21.1 Å². The molecule has 10 heteroatoms. The van der Waals surface area contributed by atoms with Crippen LogP contribution in [0.25, 0.3) is 0 Å². The van der Waals surface area contributed by atoms with E-state index in [-0.39, 0.29) is 22.5 Å². The number of aryl methyl sites for hydroxylation is 1. The molecule has 0 spiro atoms. The number of para-hydroxylation sites is 1. The van der Waals surface area contributed by atoms with Crippen LogP contribution < -0.4 is 11.1 Å². The van der Waals surface area contributed by atoms with E-state index >= 15 is 0 Å². The van der Waals surface area contributed by atoms with Crippen LogP contribution in [0.2, 0.25) is 0 Å². The number of sulfonamides is 1. The molecule has 0 saturated carbocycles. The number of anilines is 1. The summed E-state index contributed by atoms with van der Waals surface area (Å²) in [4.78, 5) is 26.8. The minimum Gasteiger partial charge on any atom is -0.368 e. The molecule has 0 radical (unpaired) electrons.